The molecule has 3 rings (SSSR count). The number of carboxylic acid groups (broad SMARTS) is 1. The smallest absolute Gasteiger partial charge is 0.309 e. The largest absolute Gasteiger partial charge is 0.481 e. The number of hydrogen-bond donors (Lipinski definition) is 1. The van der Waals surface area contributed by atoms with E-state index in [0.29, 0.717) is 11.4 Å². The summed E-state index contributed by atoms with van der Waals surface area (Å²) in [7, 11) is 0. The third-order valence-electron chi connectivity index (χ3n) is 4.78. The Morgan fingerprint density at radius 2 is 2.04 bits per heavy atom. The van der Waals surface area contributed by atoms with Gasteiger partial charge in [0.1, 0.15) is 6.54 Å². The number of carboxylic acids is 1. The Kier molecular flexibility index (Phi) is 4.83. The van der Waals surface area contributed by atoms with E-state index in [9.17, 15) is 19.5 Å². The van der Waals surface area contributed by atoms with Crippen molar-refractivity contribution in [2.75, 3.05) is 13.1 Å². The Balaban J connectivity index is 1.79. The molecule has 26 heavy (non-hydrogen) atoms. The van der Waals surface area contributed by atoms with E-state index in [4.69, 9.17) is 0 Å². The van der Waals surface area contributed by atoms with Crippen LogP contribution in [0.15, 0.2) is 35.3 Å². The summed E-state index contributed by atoms with van der Waals surface area (Å²) in [5.74, 6) is -2.38. The molecule has 0 bridgehead atoms. The molecule has 1 N–H and O–H groups in total. The molecular weight excluding hydrogens is 336 g/mol. The number of likely N-dealkylation sites (tertiary alicyclic amines) is 1. The van der Waals surface area contributed by atoms with Gasteiger partial charge in [0.15, 0.2) is 0 Å². The molecule has 8 heteroatoms. The minimum absolute atomic E-state index is 0.0923. The van der Waals surface area contributed by atoms with Gasteiger partial charge in [-0.15, -0.1) is 0 Å². The molecule has 2 aromatic heterocycles. The molecule has 0 radical (unpaired) electrons. The predicted octanol–water partition coefficient (Wildman–Crippen LogP) is 0.582. The first-order valence-electron chi connectivity index (χ1n) is 8.33. The summed E-state index contributed by atoms with van der Waals surface area (Å²) >= 11 is 0. The van der Waals surface area contributed by atoms with Crippen LogP contribution in [0.3, 0.4) is 0 Å². The van der Waals surface area contributed by atoms with Crippen LogP contribution in [0.2, 0.25) is 0 Å². The molecule has 0 saturated carbocycles. The quantitative estimate of drug-likeness (QED) is 0.859. The van der Waals surface area contributed by atoms with Crippen molar-refractivity contribution in [2.45, 2.75) is 26.3 Å². The second kappa shape index (κ2) is 7.07. The van der Waals surface area contributed by atoms with Crippen molar-refractivity contribution in [3.63, 3.8) is 0 Å². The zero-order valence-corrected chi connectivity index (χ0v) is 14.6. The van der Waals surface area contributed by atoms with Crippen LogP contribution in [0.1, 0.15) is 22.9 Å². The third kappa shape index (κ3) is 3.49. The van der Waals surface area contributed by atoms with Crippen molar-refractivity contribution in [2.24, 2.45) is 5.92 Å². The average molecular weight is 356 g/mol. The third-order valence-corrected chi connectivity index (χ3v) is 4.78. The lowest BCUT2D eigenvalue weighted by Crippen LogP contribution is -2.36. The molecule has 0 unspecified atom stereocenters. The van der Waals surface area contributed by atoms with E-state index in [2.05, 4.69) is 10.1 Å². The van der Waals surface area contributed by atoms with E-state index in [1.54, 1.807) is 38.2 Å². The van der Waals surface area contributed by atoms with Crippen molar-refractivity contribution in [1.82, 2.24) is 19.7 Å². The minimum atomic E-state index is -0.961. The molecular formula is C18H20N4O4. The zero-order valence-electron chi connectivity index (χ0n) is 14.6. The summed E-state index contributed by atoms with van der Waals surface area (Å²) in [6, 6.07) is 6.76. The van der Waals surface area contributed by atoms with Gasteiger partial charge in [0.25, 0.3) is 5.56 Å². The van der Waals surface area contributed by atoms with Gasteiger partial charge in [-0.25, -0.2) is 4.68 Å². The maximum absolute atomic E-state index is 12.6. The molecule has 1 saturated heterocycles. The van der Waals surface area contributed by atoms with Crippen LogP contribution < -0.4 is 5.56 Å². The van der Waals surface area contributed by atoms with Gasteiger partial charge in [0.2, 0.25) is 5.91 Å². The molecule has 1 aliphatic heterocycles. The number of hydrogen-bond acceptors (Lipinski definition) is 5. The van der Waals surface area contributed by atoms with Gasteiger partial charge < -0.3 is 10.0 Å². The fraction of sp³-hybridized carbons (Fsp3) is 0.389. The van der Waals surface area contributed by atoms with Crippen LogP contribution in [0, 0.1) is 19.8 Å². The van der Waals surface area contributed by atoms with Crippen molar-refractivity contribution in [3.05, 3.63) is 57.8 Å². The van der Waals surface area contributed by atoms with Crippen LogP contribution >= 0.6 is 0 Å². The number of aliphatic carboxylic acids is 1. The summed E-state index contributed by atoms with van der Waals surface area (Å²) in [5.41, 5.74) is 1.74. The van der Waals surface area contributed by atoms with Crippen LogP contribution in [0.25, 0.3) is 0 Å². The SMILES string of the molecule is Cc1cc(=O)n(CC(=O)N2C[C@@H](C(=O)O)[C@H](c3ccccn3)C2)nc1C. The Morgan fingerprint density at radius 1 is 1.27 bits per heavy atom. The Labute approximate surface area is 150 Å². The number of pyridine rings is 1. The fourth-order valence-electron chi connectivity index (χ4n) is 3.17. The number of carbonyl (C=O) groups is 2. The van der Waals surface area contributed by atoms with Crippen LogP contribution in [-0.2, 0) is 16.1 Å². The maximum Gasteiger partial charge on any atom is 0.309 e. The number of nitrogens with zero attached hydrogens (tertiary/aromatic N) is 4. The highest BCUT2D eigenvalue weighted by Crippen LogP contribution is 2.31. The fourth-order valence-corrected chi connectivity index (χ4v) is 3.17. The van der Waals surface area contributed by atoms with E-state index in [0.717, 1.165) is 10.2 Å². The first-order valence-corrected chi connectivity index (χ1v) is 8.33. The highest BCUT2D eigenvalue weighted by atomic mass is 16.4. The van der Waals surface area contributed by atoms with Gasteiger partial charge in [-0.1, -0.05) is 6.07 Å². The molecule has 0 spiro atoms. The van der Waals surface area contributed by atoms with Gasteiger partial charge in [0, 0.05) is 37.0 Å². The van der Waals surface area contributed by atoms with Crippen molar-refractivity contribution >= 4 is 11.9 Å². The first-order chi connectivity index (χ1) is 12.4. The first kappa shape index (κ1) is 17.8. The second-order valence-electron chi connectivity index (χ2n) is 6.51. The topological polar surface area (TPSA) is 105 Å². The van der Waals surface area contributed by atoms with E-state index in [1.165, 1.54) is 11.0 Å². The lowest BCUT2D eigenvalue weighted by atomic mass is 9.93. The molecule has 2 aromatic rings. The number of aryl methyl sites for hydroxylation is 2. The molecule has 136 valence electrons. The minimum Gasteiger partial charge on any atom is -0.481 e. The molecule has 0 aliphatic carbocycles. The maximum atomic E-state index is 12.6. The molecule has 1 amide bonds. The second-order valence-corrected chi connectivity index (χ2v) is 6.51. The summed E-state index contributed by atoms with van der Waals surface area (Å²) in [5, 5.41) is 13.7. The molecule has 8 nitrogen and oxygen atoms in total. The van der Waals surface area contributed by atoms with Crippen LogP contribution in [-0.4, -0.2) is 49.7 Å². The van der Waals surface area contributed by atoms with E-state index >= 15 is 0 Å². The van der Waals surface area contributed by atoms with E-state index in [1.807, 2.05) is 0 Å². The highest BCUT2D eigenvalue weighted by Gasteiger charge is 2.41. The lowest BCUT2D eigenvalue weighted by molar-refractivity contribution is -0.141. The van der Waals surface area contributed by atoms with Gasteiger partial charge in [-0.3, -0.25) is 19.4 Å². The summed E-state index contributed by atoms with van der Waals surface area (Å²) in [6.07, 6.45) is 1.61. The van der Waals surface area contributed by atoms with Gasteiger partial charge in [-0.2, -0.15) is 5.10 Å². The predicted molar refractivity (Wildman–Crippen MR) is 92.7 cm³/mol. The number of rotatable bonds is 4. The summed E-state index contributed by atoms with van der Waals surface area (Å²) in [4.78, 5) is 42.0. The Hall–Kier alpha value is -3.03. The number of amides is 1. The molecule has 1 aliphatic rings. The van der Waals surface area contributed by atoms with Gasteiger partial charge >= 0.3 is 5.97 Å². The summed E-state index contributed by atoms with van der Waals surface area (Å²) in [6.45, 7) is 3.69. The molecule has 1 fully saturated rings. The van der Waals surface area contributed by atoms with Crippen LogP contribution in [0.5, 0.6) is 0 Å². The number of aromatic nitrogens is 3. The Morgan fingerprint density at radius 3 is 2.69 bits per heavy atom. The van der Waals surface area contributed by atoms with Crippen LogP contribution in [0.4, 0.5) is 0 Å². The average Bonchev–Trinajstić information content (AvgIpc) is 3.06. The standard InChI is InChI=1S/C18H20N4O4/c1-11-7-16(23)22(20-12(11)2)10-17(24)21-8-13(14(9-21)18(25)26)15-5-3-4-6-19-15/h3-7,13-14H,8-10H2,1-2H3,(H,25,26)/t13-,14-/m1/s1. The van der Waals surface area contributed by atoms with E-state index < -0.39 is 11.9 Å². The molecule has 2 atom stereocenters. The molecule has 0 aromatic carbocycles. The Bertz CT molecular complexity index is 894. The summed E-state index contributed by atoms with van der Waals surface area (Å²) < 4.78 is 1.12. The zero-order chi connectivity index (χ0) is 18.8. The van der Waals surface area contributed by atoms with Gasteiger partial charge in [-0.05, 0) is 31.5 Å². The lowest BCUT2D eigenvalue weighted by Gasteiger charge is -2.17. The highest BCUT2D eigenvalue weighted by molar-refractivity contribution is 5.79. The van der Waals surface area contributed by atoms with E-state index in [-0.39, 0.29) is 37.0 Å². The normalized spacial score (nSPS) is 19.5. The van der Waals surface area contributed by atoms with Crippen molar-refractivity contribution in [3.8, 4) is 0 Å². The van der Waals surface area contributed by atoms with Crippen molar-refractivity contribution < 1.29 is 14.7 Å². The van der Waals surface area contributed by atoms with Gasteiger partial charge in [0.05, 0.1) is 11.6 Å². The van der Waals surface area contributed by atoms with Crippen molar-refractivity contribution in [1.29, 1.82) is 0 Å². The monoisotopic (exact) mass is 356 g/mol. The number of carbonyl (C=O) groups excluding carboxylic acids is 1. The molecule has 3 heterocycles.